The number of hydrogen-bond acceptors (Lipinski definition) is 5. The molecule has 5 nitrogen and oxygen atoms in total. The molecule has 3 aromatic carbocycles. The molecule has 0 aliphatic heterocycles. The van der Waals surface area contributed by atoms with Gasteiger partial charge in [0.15, 0.2) is 5.78 Å². The molecule has 34 heavy (non-hydrogen) atoms. The zero-order chi connectivity index (χ0) is 23.5. The molecular formula is C28H19ClN4O. The Bertz CT molecular complexity index is 1600. The first-order chi connectivity index (χ1) is 16.6. The number of pyridine rings is 1. The molecule has 0 fully saturated rings. The van der Waals surface area contributed by atoms with Gasteiger partial charge in [-0.2, -0.15) is 0 Å². The maximum Gasteiger partial charge on any atom is 0.163 e. The molecule has 0 unspecified atom stereocenters. The number of carbonyl (C=O) groups excluding carboxylic acids is 1. The number of nitrogens with two attached hydrogens (primary N) is 1. The fourth-order valence-electron chi connectivity index (χ4n) is 3.77. The van der Waals surface area contributed by atoms with E-state index >= 15 is 0 Å². The summed E-state index contributed by atoms with van der Waals surface area (Å²) in [6.45, 7) is 0. The lowest BCUT2D eigenvalue weighted by molar-refractivity contribution is 0.0983. The molecule has 0 spiro atoms. The number of aryl methyl sites for hydroxylation is 1. The third-order valence-electron chi connectivity index (χ3n) is 5.60. The zero-order valence-electron chi connectivity index (χ0n) is 18.1. The van der Waals surface area contributed by atoms with Crippen LogP contribution in [0.3, 0.4) is 0 Å². The highest BCUT2D eigenvalue weighted by atomic mass is 35.5. The molecule has 2 N–H and O–H groups in total. The number of fused-ring (bicyclic) bond motifs is 2. The van der Waals surface area contributed by atoms with E-state index in [2.05, 4.69) is 26.8 Å². The van der Waals surface area contributed by atoms with Gasteiger partial charge in [-0.05, 0) is 48.4 Å². The molecule has 0 aliphatic carbocycles. The predicted octanol–water partition coefficient (Wildman–Crippen LogP) is 5.63. The van der Waals surface area contributed by atoms with Gasteiger partial charge in [-0.1, -0.05) is 47.7 Å². The largest absolute Gasteiger partial charge is 0.383 e. The molecule has 0 saturated carbocycles. The molecule has 2 heterocycles. The minimum Gasteiger partial charge on any atom is -0.383 e. The van der Waals surface area contributed by atoms with Crippen molar-refractivity contribution in [3.63, 3.8) is 0 Å². The van der Waals surface area contributed by atoms with Crippen molar-refractivity contribution in [2.24, 2.45) is 0 Å². The van der Waals surface area contributed by atoms with Crippen molar-refractivity contribution >= 4 is 45.0 Å². The molecular weight excluding hydrogens is 444 g/mol. The molecule has 0 atom stereocenters. The topological polar surface area (TPSA) is 81.8 Å². The molecule has 5 rings (SSSR count). The number of halogens is 1. The average molecular weight is 463 g/mol. The first kappa shape index (κ1) is 21.6. The van der Waals surface area contributed by atoms with E-state index in [0.29, 0.717) is 34.8 Å². The first-order valence-corrected chi connectivity index (χ1v) is 11.1. The number of ketones is 1. The Balaban J connectivity index is 1.30. The molecule has 0 amide bonds. The first-order valence-electron chi connectivity index (χ1n) is 10.8. The van der Waals surface area contributed by atoms with E-state index in [1.54, 1.807) is 30.7 Å². The monoisotopic (exact) mass is 462 g/mol. The number of nitrogen functional groups attached to an aromatic ring is 1. The van der Waals surface area contributed by atoms with Crippen molar-refractivity contribution < 1.29 is 4.79 Å². The highest BCUT2D eigenvalue weighted by Crippen LogP contribution is 2.25. The average Bonchev–Trinajstić information content (AvgIpc) is 2.87. The molecule has 0 saturated heterocycles. The number of Topliss-reactive ketones (excluding diaryl/α,β-unsaturated/α-hetero) is 1. The van der Waals surface area contributed by atoms with Crippen LogP contribution in [0.2, 0.25) is 5.02 Å². The van der Waals surface area contributed by atoms with Crippen molar-refractivity contribution in [3.8, 4) is 11.8 Å². The quantitative estimate of drug-likeness (QED) is 0.276. The van der Waals surface area contributed by atoms with E-state index in [0.717, 1.165) is 32.9 Å². The van der Waals surface area contributed by atoms with Crippen molar-refractivity contribution in [2.45, 2.75) is 12.8 Å². The predicted molar refractivity (Wildman–Crippen MR) is 136 cm³/mol. The summed E-state index contributed by atoms with van der Waals surface area (Å²) in [7, 11) is 0. The lowest BCUT2D eigenvalue weighted by Crippen LogP contribution is -2.01. The minimum absolute atomic E-state index is 0.0795. The van der Waals surface area contributed by atoms with Crippen LogP contribution in [0.1, 0.15) is 33.5 Å². The number of carbonyl (C=O) groups is 1. The van der Waals surface area contributed by atoms with Gasteiger partial charge in [-0.15, -0.1) is 0 Å². The lowest BCUT2D eigenvalue weighted by atomic mass is 10.0. The summed E-state index contributed by atoms with van der Waals surface area (Å²) in [6.07, 6.45) is 6.10. The number of hydrogen-bond donors (Lipinski definition) is 1. The summed E-state index contributed by atoms with van der Waals surface area (Å²) in [5.74, 6) is 6.67. The van der Waals surface area contributed by atoms with Crippen LogP contribution < -0.4 is 5.73 Å². The van der Waals surface area contributed by atoms with Gasteiger partial charge in [0.2, 0.25) is 0 Å². The standard InChI is InChI=1S/C28H19ClN4O/c29-22-9-8-21-17-33-28(30)23(24(21)16-22)10-3-18-1-6-20(7-2-18)27(34)12-5-19-4-11-25-26(15-19)32-14-13-31-25/h1-2,4,6-9,11,13-17H,5,12H2,(H2,30,33). The van der Waals surface area contributed by atoms with Crippen molar-refractivity contribution in [1.29, 1.82) is 0 Å². The van der Waals surface area contributed by atoms with Crippen LogP contribution in [-0.4, -0.2) is 20.7 Å². The number of rotatable bonds is 4. The van der Waals surface area contributed by atoms with Crippen LogP contribution >= 0.6 is 11.6 Å². The van der Waals surface area contributed by atoms with E-state index in [1.165, 1.54) is 0 Å². The number of nitrogens with zero attached hydrogens (tertiary/aromatic N) is 3. The van der Waals surface area contributed by atoms with Gasteiger partial charge in [0.25, 0.3) is 0 Å². The maximum atomic E-state index is 12.7. The highest BCUT2D eigenvalue weighted by molar-refractivity contribution is 6.31. The van der Waals surface area contributed by atoms with Gasteiger partial charge in [0.05, 0.1) is 16.6 Å². The maximum absolute atomic E-state index is 12.7. The van der Waals surface area contributed by atoms with Crippen molar-refractivity contribution in [3.05, 3.63) is 107 Å². The molecule has 0 radical (unpaired) electrons. The second-order valence-corrected chi connectivity index (χ2v) is 8.32. The Kier molecular flexibility index (Phi) is 5.90. The zero-order valence-corrected chi connectivity index (χ0v) is 18.9. The van der Waals surface area contributed by atoms with E-state index in [4.69, 9.17) is 17.3 Å². The van der Waals surface area contributed by atoms with Crippen LogP contribution in [0.25, 0.3) is 21.8 Å². The third kappa shape index (κ3) is 4.59. The summed E-state index contributed by atoms with van der Waals surface area (Å²) >= 11 is 6.15. The SMILES string of the molecule is Nc1ncc2ccc(Cl)cc2c1C#Cc1ccc(C(=O)CCc2ccc3nccnc3c2)cc1. The summed E-state index contributed by atoms with van der Waals surface area (Å²) in [5, 5.41) is 2.39. The molecule has 164 valence electrons. The van der Waals surface area contributed by atoms with E-state index in [9.17, 15) is 4.79 Å². The lowest BCUT2D eigenvalue weighted by Gasteiger charge is -2.04. The van der Waals surface area contributed by atoms with Gasteiger partial charge in [-0.3, -0.25) is 14.8 Å². The Morgan fingerprint density at radius 3 is 2.50 bits per heavy atom. The second-order valence-electron chi connectivity index (χ2n) is 7.88. The fraction of sp³-hybridized carbons (Fsp3) is 0.0714. The van der Waals surface area contributed by atoms with Gasteiger partial charge in [0.1, 0.15) is 5.82 Å². The Hall–Kier alpha value is -4.27. The van der Waals surface area contributed by atoms with Gasteiger partial charge in [-0.25, -0.2) is 4.98 Å². The molecule has 2 aromatic heterocycles. The van der Waals surface area contributed by atoms with Gasteiger partial charge < -0.3 is 5.73 Å². The van der Waals surface area contributed by atoms with Gasteiger partial charge >= 0.3 is 0 Å². The molecule has 0 aliphatic rings. The summed E-state index contributed by atoms with van der Waals surface area (Å²) in [4.78, 5) is 25.5. The van der Waals surface area contributed by atoms with Crippen LogP contribution in [0.15, 0.2) is 79.3 Å². The van der Waals surface area contributed by atoms with Crippen LogP contribution in [0, 0.1) is 11.8 Å². The molecule has 6 heteroatoms. The molecule has 5 aromatic rings. The van der Waals surface area contributed by atoms with Crippen LogP contribution in [0.5, 0.6) is 0 Å². The third-order valence-corrected chi connectivity index (χ3v) is 5.83. The summed E-state index contributed by atoms with van der Waals surface area (Å²) in [6, 6.07) is 18.7. The second kappa shape index (κ2) is 9.30. The minimum atomic E-state index is 0.0795. The van der Waals surface area contributed by atoms with Crippen LogP contribution in [0.4, 0.5) is 5.82 Å². The van der Waals surface area contributed by atoms with Crippen LogP contribution in [-0.2, 0) is 6.42 Å². The molecule has 0 bridgehead atoms. The Labute approximate surface area is 201 Å². The van der Waals surface area contributed by atoms with E-state index in [1.807, 2.05) is 48.5 Å². The summed E-state index contributed by atoms with van der Waals surface area (Å²) < 4.78 is 0. The van der Waals surface area contributed by atoms with Crippen molar-refractivity contribution in [2.75, 3.05) is 5.73 Å². The number of benzene rings is 3. The number of anilines is 1. The number of aromatic nitrogens is 3. The highest BCUT2D eigenvalue weighted by Gasteiger charge is 2.08. The fourth-order valence-corrected chi connectivity index (χ4v) is 3.94. The smallest absolute Gasteiger partial charge is 0.163 e. The Morgan fingerprint density at radius 1 is 0.882 bits per heavy atom. The van der Waals surface area contributed by atoms with E-state index in [-0.39, 0.29) is 5.78 Å². The summed E-state index contributed by atoms with van der Waals surface area (Å²) in [5.41, 5.74) is 10.9. The Morgan fingerprint density at radius 2 is 1.68 bits per heavy atom. The van der Waals surface area contributed by atoms with Crippen molar-refractivity contribution in [1.82, 2.24) is 15.0 Å². The van der Waals surface area contributed by atoms with Gasteiger partial charge in [0, 0.05) is 51.9 Å². The van der Waals surface area contributed by atoms with E-state index < -0.39 is 0 Å². The normalized spacial score (nSPS) is 10.7.